The minimum Gasteiger partial charge on any atom is -0.312 e. The monoisotopic (exact) mass is 308 g/mol. The van der Waals surface area contributed by atoms with Crippen LogP contribution in [0.4, 0.5) is 0 Å². The van der Waals surface area contributed by atoms with Crippen molar-refractivity contribution in [3.8, 4) is 0 Å². The van der Waals surface area contributed by atoms with Gasteiger partial charge in [-0.3, -0.25) is 4.90 Å². The van der Waals surface area contributed by atoms with Gasteiger partial charge < -0.3 is 5.32 Å². The summed E-state index contributed by atoms with van der Waals surface area (Å²) in [5.74, 6) is 0. The molecule has 108 valence electrons. The third-order valence-corrected chi connectivity index (χ3v) is 4.53. The maximum absolute atomic E-state index is 6.20. The summed E-state index contributed by atoms with van der Waals surface area (Å²) in [7, 11) is 2.13. The van der Waals surface area contributed by atoms with E-state index in [1.165, 1.54) is 15.3 Å². The van der Waals surface area contributed by atoms with Gasteiger partial charge in [0.1, 0.15) is 0 Å². The Labute approximate surface area is 130 Å². The molecule has 0 aliphatic carbocycles. The molecule has 2 aromatic rings. The lowest BCUT2D eigenvalue weighted by atomic mass is 10.2. The SMILES string of the molecule is CCNCc1ccc(CN(C)Cc2ccccc2Cl)s1. The van der Waals surface area contributed by atoms with E-state index in [1.54, 1.807) is 0 Å². The highest BCUT2D eigenvalue weighted by molar-refractivity contribution is 7.11. The largest absolute Gasteiger partial charge is 0.312 e. The van der Waals surface area contributed by atoms with E-state index in [9.17, 15) is 0 Å². The van der Waals surface area contributed by atoms with Crippen LogP contribution in [0, 0.1) is 0 Å². The van der Waals surface area contributed by atoms with E-state index in [2.05, 4.69) is 42.4 Å². The van der Waals surface area contributed by atoms with Crippen molar-refractivity contribution in [2.45, 2.75) is 26.6 Å². The summed E-state index contributed by atoms with van der Waals surface area (Å²) in [6.45, 7) is 5.95. The van der Waals surface area contributed by atoms with Crippen molar-refractivity contribution in [1.82, 2.24) is 10.2 Å². The molecule has 0 aliphatic rings. The maximum Gasteiger partial charge on any atom is 0.0451 e. The molecule has 2 rings (SSSR count). The van der Waals surface area contributed by atoms with Crippen molar-refractivity contribution in [3.05, 3.63) is 56.7 Å². The van der Waals surface area contributed by atoms with Crippen LogP contribution in [0.15, 0.2) is 36.4 Å². The van der Waals surface area contributed by atoms with Crippen LogP contribution in [-0.2, 0) is 19.6 Å². The highest BCUT2D eigenvalue weighted by Crippen LogP contribution is 2.20. The second-order valence-corrected chi connectivity index (χ2v) is 6.57. The summed E-state index contributed by atoms with van der Waals surface area (Å²) in [4.78, 5) is 5.09. The standard InChI is InChI=1S/C16H21ClN2S/c1-3-18-10-14-8-9-15(20-14)12-19(2)11-13-6-4-5-7-16(13)17/h4-9,18H,3,10-12H2,1-2H3. The van der Waals surface area contributed by atoms with E-state index in [-0.39, 0.29) is 0 Å². The fourth-order valence-electron chi connectivity index (χ4n) is 2.09. The average Bonchev–Trinajstić information content (AvgIpc) is 2.86. The first kappa shape index (κ1) is 15.5. The van der Waals surface area contributed by atoms with Crippen molar-refractivity contribution in [3.63, 3.8) is 0 Å². The summed E-state index contributed by atoms with van der Waals surface area (Å²) in [5, 5.41) is 4.20. The van der Waals surface area contributed by atoms with Crippen molar-refractivity contribution >= 4 is 22.9 Å². The Morgan fingerprint density at radius 2 is 1.85 bits per heavy atom. The average molecular weight is 309 g/mol. The lowest BCUT2D eigenvalue weighted by molar-refractivity contribution is 0.322. The van der Waals surface area contributed by atoms with Crippen molar-refractivity contribution < 1.29 is 0 Å². The van der Waals surface area contributed by atoms with Gasteiger partial charge in [-0.05, 0) is 37.4 Å². The van der Waals surface area contributed by atoms with Crippen LogP contribution in [0.2, 0.25) is 5.02 Å². The highest BCUT2D eigenvalue weighted by atomic mass is 35.5. The third-order valence-electron chi connectivity index (χ3n) is 3.09. The van der Waals surface area contributed by atoms with Gasteiger partial charge >= 0.3 is 0 Å². The Morgan fingerprint density at radius 3 is 2.60 bits per heavy atom. The van der Waals surface area contributed by atoms with Crippen LogP contribution in [0.1, 0.15) is 22.2 Å². The van der Waals surface area contributed by atoms with Crippen LogP contribution in [0.5, 0.6) is 0 Å². The summed E-state index contributed by atoms with van der Waals surface area (Å²) in [6, 6.07) is 12.5. The van der Waals surface area contributed by atoms with Crippen molar-refractivity contribution in [2.75, 3.05) is 13.6 Å². The zero-order valence-electron chi connectivity index (χ0n) is 12.0. The van der Waals surface area contributed by atoms with E-state index in [0.29, 0.717) is 0 Å². The molecule has 2 nitrogen and oxygen atoms in total. The van der Waals surface area contributed by atoms with Crippen LogP contribution in [-0.4, -0.2) is 18.5 Å². The van der Waals surface area contributed by atoms with Gasteiger partial charge in [0.05, 0.1) is 0 Å². The first-order valence-electron chi connectivity index (χ1n) is 6.89. The van der Waals surface area contributed by atoms with Gasteiger partial charge in [0.2, 0.25) is 0 Å². The minimum absolute atomic E-state index is 0.846. The fraction of sp³-hybridized carbons (Fsp3) is 0.375. The molecule has 0 amide bonds. The number of nitrogens with zero attached hydrogens (tertiary/aromatic N) is 1. The zero-order valence-corrected chi connectivity index (χ0v) is 13.6. The van der Waals surface area contributed by atoms with Crippen LogP contribution < -0.4 is 5.32 Å². The lowest BCUT2D eigenvalue weighted by Crippen LogP contribution is -2.16. The fourth-order valence-corrected chi connectivity index (χ4v) is 3.35. The van der Waals surface area contributed by atoms with Gasteiger partial charge in [0.15, 0.2) is 0 Å². The maximum atomic E-state index is 6.20. The van der Waals surface area contributed by atoms with E-state index in [4.69, 9.17) is 11.6 Å². The van der Waals surface area contributed by atoms with Gasteiger partial charge in [-0.25, -0.2) is 0 Å². The summed E-state index contributed by atoms with van der Waals surface area (Å²) in [6.07, 6.45) is 0. The van der Waals surface area contributed by atoms with Gasteiger partial charge in [-0.15, -0.1) is 11.3 Å². The first-order valence-corrected chi connectivity index (χ1v) is 8.08. The molecule has 0 aliphatic heterocycles. The molecule has 0 saturated heterocycles. The molecule has 0 unspecified atom stereocenters. The van der Waals surface area contributed by atoms with E-state index in [0.717, 1.165) is 31.2 Å². The molecule has 4 heteroatoms. The summed E-state index contributed by atoms with van der Waals surface area (Å²) in [5.41, 5.74) is 1.18. The predicted molar refractivity (Wildman–Crippen MR) is 88.3 cm³/mol. The predicted octanol–water partition coefficient (Wildman–Crippen LogP) is 4.14. The molecule has 0 spiro atoms. The number of halogens is 1. The Balaban J connectivity index is 1.89. The quantitative estimate of drug-likeness (QED) is 0.827. The first-order chi connectivity index (χ1) is 9.69. The van der Waals surface area contributed by atoms with E-state index >= 15 is 0 Å². The molecular formula is C16H21ClN2S. The van der Waals surface area contributed by atoms with Gasteiger partial charge in [-0.2, -0.15) is 0 Å². The Hall–Kier alpha value is -0.870. The normalized spacial score (nSPS) is 11.2. The lowest BCUT2D eigenvalue weighted by Gasteiger charge is -2.16. The Kier molecular flexibility index (Phi) is 6.05. The second kappa shape index (κ2) is 7.79. The van der Waals surface area contributed by atoms with Gasteiger partial charge in [0, 0.05) is 34.4 Å². The number of nitrogens with one attached hydrogen (secondary N) is 1. The molecule has 20 heavy (non-hydrogen) atoms. The Morgan fingerprint density at radius 1 is 1.10 bits per heavy atom. The molecule has 0 atom stereocenters. The van der Waals surface area contributed by atoms with Crippen molar-refractivity contribution in [1.29, 1.82) is 0 Å². The van der Waals surface area contributed by atoms with E-state index in [1.807, 2.05) is 29.5 Å². The van der Waals surface area contributed by atoms with Crippen molar-refractivity contribution in [2.24, 2.45) is 0 Å². The van der Waals surface area contributed by atoms with Crippen LogP contribution in [0.3, 0.4) is 0 Å². The molecule has 0 radical (unpaired) electrons. The molecule has 0 fully saturated rings. The van der Waals surface area contributed by atoms with Gasteiger partial charge in [0.25, 0.3) is 0 Å². The molecule has 1 aromatic carbocycles. The molecular weight excluding hydrogens is 288 g/mol. The third kappa shape index (κ3) is 4.60. The number of hydrogen-bond donors (Lipinski definition) is 1. The molecule has 1 N–H and O–H groups in total. The van der Waals surface area contributed by atoms with Crippen LogP contribution >= 0.6 is 22.9 Å². The number of hydrogen-bond acceptors (Lipinski definition) is 3. The highest BCUT2D eigenvalue weighted by Gasteiger charge is 2.06. The smallest absolute Gasteiger partial charge is 0.0451 e. The summed E-state index contributed by atoms with van der Waals surface area (Å²) >= 11 is 8.08. The van der Waals surface area contributed by atoms with E-state index < -0.39 is 0 Å². The molecule has 1 aromatic heterocycles. The number of benzene rings is 1. The molecule has 0 saturated carbocycles. The second-order valence-electron chi connectivity index (χ2n) is 4.91. The minimum atomic E-state index is 0.846. The van der Waals surface area contributed by atoms with Crippen LogP contribution in [0.25, 0.3) is 0 Å². The number of thiophene rings is 1. The zero-order chi connectivity index (χ0) is 14.4. The van der Waals surface area contributed by atoms with Gasteiger partial charge in [-0.1, -0.05) is 36.7 Å². The number of rotatable bonds is 7. The molecule has 0 bridgehead atoms. The Bertz CT molecular complexity index is 539. The topological polar surface area (TPSA) is 15.3 Å². The summed E-state index contributed by atoms with van der Waals surface area (Å²) < 4.78 is 0. The molecule has 1 heterocycles.